The number of carbonyl (C=O) groups excluding carboxylic acids is 1. The maximum Gasteiger partial charge on any atom is 0.469 e. The van der Waals surface area contributed by atoms with E-state index >= 15 is 0 Å². The third kappa shape index (κ3) is 12.9. The Morgan fingerprint density at radius 3 is 1.48 bits per heavy atom. The number of amides is 1. The zero-order valence-electron chi connectivity index (χ0n) is 17.9. The van der Waals surface area contributed by atoms with E-state index in [2.05, 4.69) is 58.9 Å². The van der Waals surface area contributed by atoms with Crippen LogP contribution in [0.15, 0.2) is 11.6 Å². The Morgan fingerprint density at radius 2 is 1.20 bits per heavy atom. The van der Waals surface area contributed by atoms with Gasteiger partial charge < -0.3 is 18.1 Å². The van der Waals surface area contributed by atoms with Crippen molar-refractivity contribution in [2.24, 2.45) is 5.73 Å². The standard InChI is InChI=1S/C16H39NO4Si4/c1-15(16(17)18)13-11-12-14-25(19-22(2,3)4,20-23(5,6)7)21-24(8,9)10/h13H,11-12,14H2,1-10H3,(H2,17,18). The van der Waals surface area contributed by atoms with Gasteiger partial charge in [-0.1, -0.05) is 6.08 Å². The minimum atomic E-state index is -2.76. The molecule has 0 fully saturated rings. The zero-order valence-corrected chi connectivity index (χ0v) is 21.9. The molecule has 0 aromatic heterocycles. The summed E-state index contributed by atoms with van der Waals surface area (Å²) in [5.41, 5.74) is 5.90. The minimum Gasteiger partial charge on any atom is -0.417 e. The second kappa shape index (κ2) is 9.24. The second-order valence-electron chi connectivity index (χ2n) is 9.47. The van der Waals surface area contributed by atoms with Gasteiger partial charge in [0.1, 0.15) is 0 Å². The van der Waals surface area contributed by atoms with Crippen molar-refractivity contribution in [2.75, 3.05) is 0 Å². The molecule has 0 heterocycles. The largest absolute Gasteiger partial charge is 0.469 e. The van der Waals surface area contributed by atoms with Crippen LogP contribution in [-0.2, 0) is 17.1 Å². The Kier molecular flexibility index (Phi) is 9.23. The molecule has 0 aromatic rings. The maximum atomic E-state index is 11.2. The summed E-state index contributed by atoms with van der Waals surface area (Å²) in [5, 5.41) is 0. The molecule has 25 heavy (non-hydrogen) atoms. The van der Waals surface area contributed by atoms with E-state index in [0.717, 1.165) is 18.9 Å². The summed E-state index contributed by atoms with van der Waals surface area (Å²) in [5.74, 6) is -0.362. The highest BCUT2D eigenvalue weighted by Gasteiger charge is 2.49. The molecule has 0 spiro atoms. The van der Waals surface area contributed by atoms with E-state index < -0.39 is 33.8 Å². The molecule has 2 N–H and O–H groups in total. The number of allylic oxidation sites excluding steroid dienone is 1. The summed E-state index contributed by atoms with van der Waals surface area (Å²) in [6, 6.07) is 0.786. The predicted octanol–water partition coefficient (Wildman–Crippen LogP) is 4.69. The molecule has 0 aliphatic heterocycles. The zero-order chi connectivity index (χ0) is 20.1. The van der Waals surface area contributed by atoms with Crippen LogP contribution in [0.5, 0.6) is 0 Å². The fourth-order valence-corrected chi connectivity index (χ4v) is 17.0. The van der Waals surface area contributed by atoms with Gasteiger partial charge in [-0.3, -0.25) is 4.79 Å². The lowest BCUT2D eigenvalue weighted by molar-refractivity contribution is -0.114. The summed E-state index contributed by atoms with van der Waals surface area (Å²) in [4.78, 5) is 11.2. The fourth-order valence-electron chi connectivity index (χ4n) is 2.35. The highest BCUT2D eigenvalue weighted by Crippen LogP contribution is 2.30. The van der Waals surface area contributed by atoms with E-state index in [1.54, 1.807) is 6.92 Å². The van der Waals surface area contributed by atoms with Crippen LogP contribution >= 0.6 is 0 Å². The van der Waals surface area contributed by atoms with Crippen molar-refractivity contribution < 1.29 is 17.1 Å². The molecule has 0 bridgehead atoms. The molecule has 1 amide bonds. The van der Waals surface area contributed by atoms with Gasteiger partial charge in [0.05, 0.1) is 0 Å². The third-order valence-corrected chi connectivity index (χ3v) is 15.0. The van der Waals surface area contributed by atoms with Crippen molar-refractivity contribution in [1.29, 1.82) is 0 Å². The summed E-state index contributed by atoms with van der Waals surface area (Å²) in [6.45, 7) is 21.4. The highest BCUT2D eigenvalue weighted by molar-refractivity contribution is 6.90. The van der Waals surface area contributed by atoms with Gasteiger partial charge in [-0.15, -0.1) is 0 Å². The van der Waals surface area contributed by atoms with E-state index in [1.165, 1.54) is 0 Å². The van der Waals surface area contributed by atoms with Crippen LogP contribution < -0.4 is 5.73 Å². The molecule has 148 valence electrons. The summed E-state index contributed by atoms with van der Waals surface area (Å²) in [6.07, 6.45) is 3.55. The molecule has 0 saturated carbocycles. The average molecular weight is 422 g/mol. The van der Waals surface area contributed by atoms with Crippen LogP contribution in [0, 0.1) is 0 Å². The van der Waals surface area contributed by atoms with Gasteiger partial charge in [0.15, 0.2) is 25.0 Å². The van der Waals surface area contributed by atoms with Crippen molar-refractivity contribution in [3.63, 3.8) is 0 Å². The monoisotopic (exact) mass is 421 g/mol. The van der Waals surface area contributed by atoms with E-state index in [0.29, 0.717) is 5.57 Å². The molecule has 0 unspecified atom stereocenters. The van der Waals surface area contributed by atoms with Crippen LogP contribution in [0.25, 0.3) is 0 Å². The lowest BCUT2D eigenvalue weighted by atomic mass is 10.2. The van der Waals surface area contributed by atoms with Gasteiger partial charge in [0.25, 0.3) is 0 Å². The van der Waals surface area contributed by atoms with Crippen molar-refractivity contribution in [3.8, 4) is 0 Å². The summed E-state index contributed by atoms with van der Waals surface area (Å²) >= 11 is 0. The molecular weight excluding hydrogens is 383 g/mol. The molecule has 0 aliphatic carbocycles. The number of rotatable bonds is 11. The van der Waals surface area contributed by atoms with Crippen LogP contribution in [0.2, 0.25) is 65.0 Å². The maximum absolute atomic E-state index is 11.2. The normalized spacial score (nSPS) is 14.7. The Hall–Kier alpha value is -0.0425. The van der Waals surface area contributed by atoms with E-state index in [4.69, 9.17) is 18.1 Å². The first kappa shape index (κ1) is 25.0. The fraction of sp³-hybridized carbons (Fsp3) is 0.812. The Morgan fingerprint density at radius 1 is 0.840 bits per heavy atom. The van der Waals surface area contributed by atoms with Crippen LogP contribution in [0.1, 0.15) is 19.8 Å². The van der Waals surface area contributed by atoms with Crippen LogP contribution in [-0.4, -0.2) is 39.7 Å². The first-order valence-corrected chi connectivity index (χ1v) is 21.2. The topological polar surface area (TPSA) is 70.8 Å². The van der Waals surface area contributed by atoms with E-state index in [1.807, 2.05) is 6.08 Å². The van der Waals surface area contributed by atoms with Crippen molar-refractivity contribution in [3.05, 3.63) is 11.6 Å². The lowest BCUT2D eigenvalue weighted by Crippen LogP contribution is -2.60. The second-order valence-corrected chi connectivity index (χ2v) is 26.5. The first-order valence-electron chi connectivity index (χ1n) is 9.02. The molecule has 0 aliphatic rings. The van der Waals surface area contributed by atoms with Crippen molar-refractivity contribution >= 4 is 39.7 Å². The third-order valence-electron chi connectivity index (χ3n) is 2.91. The van der Waals surface area contributed by atoms with Gasteiger partial charge in [0, 0.05) is 11.6 Å². The predicted molar refractivity (Wildman–Crippen MR) is 116 cm³/mol. The summed E-state index contributed by atoms with van der Waals surface area (Å²) in [7, 11) is -8.24. The van der Waals surface area contributed by atoms with Crippen LogP contribution in [0.4, 0.5) is 0 Å². The summed E-state index contributed by atoms with van der Waals surface area (Å²) < 4.78 is 19.9. The Balaban J connectivity index is 5.43. The minimum absolute atomic E-state index is 0.362. The van der Waals surface area contributed by atoms with Gasteiger partial charge >= 0.3 is 8.80 Å². The molecule has 0 rings (SSSR count). The van der Waals surface area contributed by atoms with Gasteiger partial charge in [-0.25, -0.2) is 0 Å². The number of unbranched alkanes of at least 4 members (excludes halogenated alkanes) is 1. The lowest BCUT2D eigenvalue weighted by Gasteiger charge is -2.42. The van der Waals surface area contributed by atoms with Crippen LogP contribution in [0.3, 0.4) is 0 Å². The van der Waals surface area contributed by atoms with Crippen molar-refractivity contribution in [1.82, 2.24) is 0 Å². The molecule has 0 saturated heterocycles. The Bertz CT molecular complexity index is 435. The number of hydrogen-bond donors (Lipinski definition) is 1. The SMILES string of the molecule is CC(=CCCC[Si](O[Si](C)(C)C)(O[Si](C)(C)C)O[Si](C)(C)C)C(N)=O. The average Bonchev–Trinajstić information content (AvgIpc) is 2.27. The Labute approximate surface area is 159 Å². The molecule has 5 nitrogen and oxygen atoms in total. The molecule has 0 atom stereocenters. The number of primary amides is 1. The van der Waals surface area contributed by atoms with E-state index in [9.17, 15) is 4.79 Å². The highest BCUT2D eigenvalue weighted by atomic mass is 28.5. The van der Waals surface area contributed by atoms with Gasteiger partial charge in [-0.2, -0.15) is 0 Å². The quantitative estimate of drug-likeness (QED) is 0.298. The smallest absolute Gasteiger partial charge is 0.417 e. The van der Waals surface area contributed by atoms with Gasteiger partial charge in [0.2, 0.25) is 5.91 Å². The van der Waals surface area contributed by atoms with Gasteiger partial charge in [-0.05, 0) is 78.7 Å². The number of nitrogens with two attached hydrogens (primary N) is 1. The molecule has 0 aromatic carbocycles. The molecule has 0 radical (unpaired) electrons. The first-order chi connectivity index (χ1) is 10.9. The molecule has 9 heteroatoms. The number of carbonyl (C=O) groups is 1. The molecular formula is C16H39NO4Si4. The van der Waals surface area contributed by atoms with E-state index in [-0.39, 0.29) is 5.91 Å². The number of hydrogen-bond acceptors (Lipinski definition) is 4. The van der Waals surface area contributed by atoms with Crippen molar-refractivity contribution in [2.45, 2.75) is 84.7 Å².